The van der Waals surface area contributed by atoms with Crippen molar-refractivity contribution in [3.8, 4) is 0 Å². The predicted octanol–water partition coefficient (Wildman–Crippen LogP) is 0.873. The lowest BCUT2D eigenvalue weighted by Gasteiger charge is -2.26. The highest BCUT2D eigenvalue weighted by molar-refractivity contribution is 7.89. The smallest absolute Gasteiger partial charge is 0.246 e. The summed E-state index contributed by atoms with van der Waals surface area (Å²) >= 11 is 0. The highest BCUT2D eigenvalue weighted by Gasteiger charge is 2.29. The topological polar surface area (TPSA) is 92.4 Å². The molecule has 0 saturated heterocycles. The number of sulfonamides is 1. The zero-order valence-electron chi connectivity index (χ0n) is 10.5. The highest BCUT2D eigenvalue weighted by atomic mass is 32.2. The first-order valence-electron chi connectivity index (χ1n) is 6.03. The van der Waals surface area contributed by atoms with Crippen LogP contribution in [0, 0.1) is 13.8 Å². The van der Waals surface area contributed by atoms with Gasteiger partial charge < -0.3 is 9.63 Å². The molecule has 2 rings (SSSR count). The summed E-state index contributed by atoms with van der Waals surface area (Å²) in [7, 11) is -3.62. The monoisotopic (exact) mass is 274 g/mol. The molecule has 0 amide bonds. The fourth-order valence-corrected chi connectivity index (χ4v) is 4.02. The Morgan fingerprint density at radius 2 is 2.11 bits per heavy atom. The molecule has 1 aromatic heterocycles. The molecule has 7 heteroatoms. The Morgan fingerprint density at radius 3 is 2.67 bits per heavy atom. The predicted molar refractivity (Wildman–Crippen MR) is 64.6 cm³/mol. The molecule has 1 saturated carbocycles. The first-order valence-corrected chi connectivity index (χ1v) is 7.51. The van der Waals surface area contributed by atoms with Crippen LogP contribution in [0.4, 0.5) is 0 Å². The number of hydrogen-bond donors (Lipinski definition) is 2. The first-order chi connectivity index (χ1) is 8.40. The number of nitrogens with one attached hydrogen (secondary N) is 1. The minimum absolute atomic E-state index is 0.113. The van der Waals surface area contributed by atoms with Gasteiger partial charge in [0.15, 0.2) is 5.76 Å². The average molecular weight is 274 g/mol. The molecule has 1 aromatic rings. The molecule has 2 N–H and O–H groups in total. The highest BCUT2D eigenvalue weighted by Crippen LogP contribution is 2.23. The van der Waals surface area contributed by atoms with E-state index in [2.05, 4.69) is 9.88 Å². The molecule has 0 bridgehead atoms. The van der Waals surface area contributed by atoms with E-state index in [0.717, 1.165) is 19.3 Å². The summed E-state index contributed by atoms with van der Waals surface area (Å²) in [6, 6.07) is -0.215. The van der Waals surface area contributed by atoms with Crippen LogP contribution in [-0.2, 0) is 10.0 Å². The lowest BCUT2D eigenvalue weighted by Crippen LogP contribution is -2.39. The second-order valence-electron chi connectivity index (χ2n) is 4.79. The van der Waals surface area contributed by atoms with Gasteiger partial charge in [-0.05, 0) is 39.5 Å². The SMILES string of the molecule is Cc1noc(C)c1S(=O)(=O)N[C@@H]1CCC[C@H](O)C1. The van der Waals surface area contributed by atoms with Crippen LogP contribution < -0.4 is 4.72 Å². The Hall–Kier alpha value is -0.920. The summed E-state index contributed by atoms with van der Waals surface area (Å²) < 4.78 is 31.9. The van der Waals surface area contributed by atoms with Crippen LogP contribution >= 0.6 is 0 Å². The van der Waals surface area contributed by atoms with Gasteiger partial charge in [0.25, 0.3) is 0 Å². The van der Waals surface area contributed by atoms with E-state index in [1.807, 2.05) is 0 Å². The maximum absolute atomic E-state index is 12.2. The quantitative estimate of drug-likeness (QED) is 0.853. The zero-order chi connectivity index (χ0) is 13.3. The van der Waals surface area contributed by atoms with Gasteiger partial charge in [-0.25, -0.2) is 13.1 Å². The van der Waals surface area contributed by atoms with Gasteiger partial charge in [-0.3, -0.25) is 0 Å². The summed E-state index contributed by atoms with van der Waals surface area (Å²) in [5, 5.41) is 13.2. The maximum atomic E-state index is 12.2. The van der Waals surface area contributed by atoms with Crippen LogP contribution in [0.3, 0.4) is 0 Å². The van der Waals surface area contributed by atoms with E-state index in [1.165, 1.54) is 0 Å². The van der Waals surface area contributed by atoms with Crippen molar-refractivity contribution in [3.05, 3.63) is 11.5 Å². The fourth-order valence-electron chi connectivity index (χ4n) is 2.41. The van der Waals surface area contributed by atoms with E-state index < -0.39 is 16.1 Å². The third kappa shape index (κ3) is 2.73. The normalized spacial score (nSPS) is 25.3. The number of nitrogens with zero attached hydrogens (tertiary/aromatic N) is 1. The second kappa shape index (κ2) is 4.99. The molecule has 1 aliphatic rings. The molecule has 18 heavy (non-hydrogen) atoms. The molecular formula is C11H18N2O4S. The van der Waals surface area contributed by atoms with E-state index in [-0.39, 0.29) is 16.7 Å². The Morgan fingerprint density at radius 1 is 1.39 bits per heavy atom. The average Bonchev–Trinajstić information content (AvgIpc) is 2.58. The maximum Gasteiger partial charge on any atom is 0.246 e. The minimum atomic E-state index is -3.62. The van der Waals surface area contributed by atoms with Crippen molar-refractivity contribution < 1.29 is 18.0 Å². The molecule has 1 fully saturated rings. The van der Waals surface area contributed by atoms with Gasteiger partial charge in [0, 0.05) is 6.04 Å². The lowest BCUT2D eigenvalue weighted by atomic mass is 9.94. The van der Waals surface area contributed by atoms with Crippen LogP contribution in [0.1, 0.15) is 37.1 Å². The van der Waals surface area contributed by atoms with Crippen LogP contribution in [0.2, 0.25) is 0 Å². The van der Waals surface area contributed by atoms with Crippen LogP contribution in [0.15, 0.2) is 9.42 Å². The van der Waals surface area contributed by atoms with Crippen molar-refractivity contribution in [1.82, 2.24) is 9.88 Å². The van der Waals surface area contributed by atoms with E-state index in [0.29, 0.717) is 12.1 Å². The summed E-state index contributed by atoms with van der Waals surface area (Å²) in [6.45, 7) is 3.17. The number of aliphatic hydroxyl groups is 1. The van der Waals surface area contributed by atoms with Crippen LogP contribution in [0.25, 0.3) is 0 Å². The zero-order valence-corrected chi connectivity index (χ0v) is 11.3. The number of aryl methyl sites for hydroxylation is 2. The Balaban J connectivity index is 2.17. The first kappa shape index (κ1) is 13.5. The van der Waals surface area contributed by atoms with Gasteiger partial charge >= 0.3 is 0 Å². The van der Waals surface area contributed by atoms with Gasteiger partial charge in [0.1, 0.15) is 10.6 Å². The Labute approximate surface area is 106 Å². The number of aliphatic hydroxyl groups excluding tert-OH is 1. The Kier molecular flexibility index (Phi) is 3.74. The second-order valence-corrected chi connectivity index (χ2v) is 6.44. The molecule has 0 aliphatic heterocycles. The molecule has 0 aromatic carbocycles. The molecule has 2 atom stereocenters. The third-order valence-electron chi connectivity index (χ3n) is 3.20. The Bertz CT molecular complexity index is 504. The lowest BCUT2D eigenvalue weighted by molar-refractivity contribution is 0.117. The fraction of sp³-hybridized carbons (Fsp3) is 0.727. The largest absolute Gasteiger partial charge is 0.393 e. The van der Waals surface area contributed by atoms with Crippen LogP contribution in [0.5, 0.6) is 0 Å². The van der Waals surface area contributed by atoms with Crippen molar-refractivity contribution in [1.29, 1.82) is 0 Å². The van der Waals surface area contributed by atoms with Crippen molar-refractivity contribution in [2.45, 2.75) is 56.6 Å². The molecule has 0 spiro atoms. The van der Waals surface area contributed by atoms with E-state index in [1.54, 1.807) is 13.8 Å². The summed E-state index contributed by atoms with van der Waals surface area (Å²) in [5.41, 5.74) is 0.358. The molecule has 1 heterocycles. The summed E-state index contributed by atoms with van der Waals surface area (Å²) in [5.74, 6) is 0.288. The van der Waals surface area contributed by atoms with Crippen molar-refractivity contribution in [2.24, 2.45) is 0 Å². The summed E-state index contributed by atoms with van der Waals surface area (Å²) in [6.07, 6.45) is 2.36. The van der Waals surface area contributed by atoms with Gasteiger partial charge in [0.2, 0.25) is 10.0 Å². The van der Waals surface area contributed by atoms with Gasteiger partial charge in [-0.15, -0.1) is 0 Å². The molecule has 0 radical (unpaired) electrons. The molecular weight excluding hydrogens is 256 g/mol. The van der Waals surface area contributed by atoms with Gasteiger partial charge in [-0.1, -0.05) is 5.16 Å². The van der Waals surface area contributed by atoms with Gasteiger partial charge in [-0.2, -0.15) is 0 Å². The van der Waals surface area contributed by atoms with Crippen molar-refractivity contribution in [2.75, 3.05) is 0 Å². The minimum Gasteiger partial charge on any atom is -0.393 e. The van der Waals surface area contributed by atoms with Crippen molar-refractivity contribution in [3.63, 3.8) is 0 Å². The van der Waals surface area contributed by atoms with E-state index in [9.17, 15) is 13.5 Å². The number of aromatic nitrogens is 1. The summed E-state index contributed by atoms with van der Waals surface area (Å²) in [4.78, 5) is 0.113. The molecule has 1 aliphatic carbocycles. The number of rotatable bonds is 3. The van der Waals surface area contributed by atoms with Gasteiger partial charge in [0.05, 0.1) is 6.10 Å². The third-order valence-corrected chi connectivity index (χ3v) is 4.97. The molecule has 0 unspecified atom stereocenters. The van der Waals surface area contributed by atoms with Crippen molar-refractivity contribution >= 4 is 10.0 Å². The van der Waals surface area contributed by atoms with Crippen LogP contribution in [-0.4, -0.2) is 30.8 Å². The number of hydrogen-bond acceptors (Lipinski definition) is 5. The van der Waals surface area contributed by atoms with E-state index >= 15 is 0 Å². The van der Waals surface area contributed by atoms with E-state index in [4.69, 9.17) is 4.52 Å². The standard InChI is InChI=1S/C11H18N2O4S/c1-7-11(8(2)17-12-7)18(15,16)13-9-4-3-5-10(14)6-9/h9-10,13-14H,3-6H2,1-2H3/t9-,10+/m1/s1. The molecule has 102 valence electrons. The molecule has 6 nitrogen and oxygen atoms in total.